The van der Waals surface area contributed by atoms with Crippen LogP contribution in [0.3, 0.4) is 0 Å². The summed E-state index contributed by atoms with van der Waals surface area (Å²) in [6.45, 7) is 13.9. The van der Waals surface area contributed by atoms with Crippen LogP contribution >= 0.6 is 0 Å². The Morgan fingerprint density at radius 1 is 1.30 bits per heavy atom. The van der Waals surface area contributed by atoms with E-state index in [1.165, 1.54) is 5.57 Å². The van der Waals surface area contributed by atoms with E-state index in [4.69, 9.17) is 0 Å². The fraction of sp³-hybridized carbons (Fsp3) is 0.400. The molecule has 0 aliphatic rings. The smallest absolute Gasteiger partial charge is 0.00735 e. The SMILES string of the molecule is C=C(C)C(=C)C/C(C)=C/C. The van der Waals surface area contributed by atoms with Crippen molar-refractivity contribution in [2.45, 2.75) is 27.2 Å². The lowest BCUT2D eigenvalue weighted by Gasteiger charge is -2.03. The van der Waals surface area contributed by atoms with Gasteiger partial charge in [-0.2, -0.15) is 0 Å². The van der Waals surface area contributed by atoms with Gasteiger partial charge in [0, 0.05) is 0 Å². The lowest BCUT2D eigenvalue weighted by Crippen LogP contribution is -1.83. The molecule has 0 aliphatic carbocycles. The van der Waals surface area contributed by atoms with Crippen molar-refractivity contribution in [3.05, 3.63) is 36.0 Å². The first-order valence-corrected chi connectivity index (χ1v) is 3.53. The van der Waals surface area contributed by atoms with Crippen molar-refractivity contribution < 1.29 is 0 Å². The molecule has 0 aromatic rings. The van der Waals surface area contributed by atoms with Crippen molar-refractivity contribution in [1.82, 2.24) is 0 Å². The predicted octanol–water partition coefficient (Wildman–Crippen LogP) is 3.48. The van der Waals surface area contributed by atoms with E-state index in [1.54, 1.807) is 0 Å². The monoisotopic (exact) mass is 136 g/mol. The molecule has 56 valence electrons. The van der Waals surface area contributed by atoms with Crippen molar-refractivity contribution in [3.63, 3.8) is 0 Å². The van der Waals surface area contributed by atoms with Gasteiger partial charge >= 0.3 is 0 Å². The second kappa shape index (κ2) is 4.10. The maximum atomic E-state index is 3.90. The van der Waals surface area contributed by atoms with Crippen molar-refractivity contribution in [3.8, 4) is 0 Å². The van der Waals surface area contributed by atoms with Gasteiger partial charge in [0.1, 0.15) is 0 Å². The molecule has 10 heavy (non-hydrogen) atoms. The summed E-state index contributed by atoms with van der Waals surface area (Å²) in [6.07, 6.45) is 3.07. The highest BCUT2D eigenvalue weighted by molar-refractivity contribution is 5.27. The van der Waals surface area contributed by atoms with E-state index in [0.717, 1.165) is 17.6 Å². The van der Waals surface area contributed by atoms with Gasteiger partial charge in [0.25, 0.3) is 0 Å². The van der Waals surface area contributed by atoms with Crippen LogP contribution in [0, 0.1) is 0 Å². The molecule has 0 nitrogen and oxygen atoms in total. The Morgan fingerprint density at radius 3 is 2.10 bits per heavy atom. The van der Waals surface area contributed by atoms with Crippen LogP contribution < -0.4 is 0 Å². The minimum absolute atomic E-state index is 0.964. The molecule has 0 fully saturated rings. The molecular weight excluding hydrogens is 120 g/mol. The lowest BCUT2D eigenvalue weighted by molar-refractivity contribution is 1.12. The van der Waals surface area contributed by atoms with E-state index < -0.39 is 0 Å². The van der Waals surface area contributed by atoms with Crippen molar-refractivity contribution in [1.29, 1.82) is 0 Å². The molecule has 0 amide bonds. The molecule has 0 saturated carbocycles. The minimum Gasteiger partial charge on any atom is -0.0958 e. The molecule has 0 aromatic carbocycles. The van der Waals surface area contributed by atoms with Crippen LogP contribution in [0.4, 0.5) is 0 Å². The second-order valence-corrected chi connectivity index (χ2v) is 2.70. The third-order valence-corrected chi connectivity index (χ3v) is 1.59. The van der Waals surface area contributed by atoms with Crippen LogP contribution in [0.25, 0.3) is 0 Å². The molecule has 0 rings (SSSR count). The van der Waals surface area contributed by atoms with Crippen LogP contribution in [0.2, 0.25) is 0 Å². The Kier molecular flexibility index (Phi) is 3.78. The second-order valence-electron chi connectivity index (χ2n) is 2.70. The number of hydrogen-bond donors (Lipinski definition) is 0. The molecule has 0 atom stereocenters. The largest absolute Gasteiger partial charge is 0.0958 e. The third kappa shape index (κ3) is 3.29. The van der Waals surface area contributed by atoms with E-state index in [0.29, 0.717) is 0 Å². The van der Waals surface area contributed by atoms with Crippen molar-refractivity contribution in [2.75, 3.05) is 0 Å². The molecule has 0 heterocycles. The molecule has 0 spiro atoms. The third-order valence-electron chi connectivity index (χ3n) is 1.59. The molecule has 0 saturated heterocycles. The van der Waals surface area contributed by atoms with Crippen LogP contribution in [-0.2, 0) is 0 Å². The van der Waals surface area contributed by atoms with Gasteiger partial charge in [0.05, 0.1) is 0 Å². The van der Waals surface area contributed by atoms with E-state index in [-0.39, 0.29) is 0 Å². The zero-order valence-electron chi connectivity index (χ0n) is 7.20. The fourth-order valence-electron chi connectivity index (χ4n) is 0.590. The normalized spacial score (nSPS) is 11.3. The number of rotatable bonds is 3. The summed E-state index contributed by atoms with van der Waals surface area (Å²) < 4.78 is 0. The zero-order valence-corrected chi connectivity index (χ0v) is 7.20. The molecule has 0 bridgehead atoms. The van der Waals surface area contributed by atoms with Gasteiger partial charge in [0.2, 0.25) is 0 Å². The highest BCUT2D eigenvalue weighted by Crippen LogP contribution is 2.14. The Labute approximate surface area is 64.0 Å². The molecular formula is C10H16. The number of hydrogen-bond acceptors (Lipinski definition) is 0. The summed E-state index contributed by atoms with van der Waals surface area (Å²) in [4.78, 5) is 0. The van der Waals surface area contributed by atoms with Crippen LogP contribution in [0.15, 0.2) is 36.0 Å². The van der Waals surface area contributed by atoms with E-state index in [9.17, 15) is 0 Å². The molecule has 0 aliphatic heterocycles. The highest BCUT2D eigenvalue weighted by Gasteiger charge is 1.94. The van der Waals surface area contributed by atoms with Crippen LogP contribution in [0.5, 0.6) is 0 Å². The number of allylic oxidation sites excluding steroid dienone is 4. The standard InChI is InChI=1S/C10H16/c1-6-9(4)7-10(5)8(2)3/h6H,2,5,7H2,1,3-4H3/b9-6+. The summed E-state index contributed by atoms with van der Waals surface area (Å²) in [7, 11) is 0. The van der Waals surface area contributed by atoms with E-state index >= 15 is 0 Å². The molecule has 0 heteroatoms. The Bertz CT molecular complexity index is 170. The summed E-state index contributed by atoms with van der Waals surface area (Å²) >= 11 is 0. The molecule has 0 N–H and O–H groups in total. The lowest BCUT2D eigenvalue weighted by atomic mass is 10.0. The van der Waals surface area contributed by atoms with Crippen LogP contribution in [-0.4, -0.2) is 0 Å². The van der Waals surface area contributed by atoms with E-state index in [1.807, 2.05) is 13.8 Å². The predicted molar refractivity (Wildman–Crippen MR) is 48.0 cm³/mol. The van der Waals surface area contributed by atoms with Gasteiger partial charge in [-0.25, -0.2) is 0 Å². The van der Waals surface area contributed by atoms with Crippen molar-refractivity contribution in [2.24, 2.45) is 0 Å². The first kappa shape index (κ1) is 9.22. The van der Waals surface area contributed by atoms with Crippen molar-refractivity contribution >= 4 is 0 Å². The summed E-state index contributed by atoms with van der Waals surface area (Å²) in [5, 5.41) is 0. The zero-order chi connectivity index (χ0) is 8.15. The van der Waals surface area contributed by atoms with Gasteiger partial charge < -0.3 is 0 Å². The average Bonchev–Trinajstić information content (AvgIpc) is 1.87. The van der Waals surface area contributed by atoms with Gasteiger partial charge in [0.15, 0.2) is 0 Å². The van der Waals surface area contributed by atoms with Gasteiger partial charge in [-0.15, -0.1) is 0 Å². The first-order chi connectivity index (χ1) is 4.57. The maximum Gasteiger partial charge on any atom is -0.00735 e. The Hall–Kier alpha value is -0.780. The summed E-state index contributed by atoms with van der Waals surface area (Å²) in [5.74, 6) is 0. The molecule has 0 radical (unpaired) electrons. The Morgan fingerprint density at radius 2 is 1.80 bits per heavy atom. The topological polar surface area (TPSA) is 0 Å². The quantitative estimate of drug-likeness (QED) is 0.411. The summed E-state index contributed by atoms with van der Waals surface area (Å²) in [5.41, 5.74) is 3.57. The van der Waals surface area contributed by atoms with Gasteiger partial charge in [-0.05, 0) is 32.8 Å². The van der Waals surface area contributed by atoms with E-state index in [2.05, 4.69) is 26.2 Å². The first-order valence-electron chi connectivity index (χ1n) is 3.53. The fourth-order valence-corrected chi connectivity index (χ4v) is 0.590. The Balaban J connectivity index is 3.93. The summed E-state index contributed by atoms with van der Waals surface area (Å²) in [6, 6.07) is 0. The molecule has 0 aromatic heterocycles. The van der Waals surface area contributed by atoms with Crippen LogP contribution in [0.1, 0.15) is 27.2 Å². The van der Waals surface area contributed by atoms with Gasteiger partial charge in [-0.3, -0.25) is 0 Å². The maximum absolute atomic E-state index is 3.90. The van der Waals surface area contributed by atoms with Gasteiger partial charge in [-0.1, -0.05) is 30.4 Å². The minimum atomic E-state index is 0.964. The molecule has 0 unspecified atom stereocenters. The highest BCUT2D eigenvalue weighted by atomic mass is 14.0. The average molecular weight is 136 g/mol.